The number of allylic oxidation sites excluding steroid dienone is 1. The molecule has 0 aliphatic heterocycles. The monoisotopic (exact) mass is 388 g/mol. The van der Waals surface area contributed by atoms with Crippen molar-refractivity contribution in [3.63, 3.8) is 0 Å². The maximum Gasteiger partial charge on any atom is 0.267 e. The van der Waals surface area contributed by atoms with Crippen molar-refractivity contribution in [3.05, 3.63) is 44.5 Å². The quantitative estimate of drug-likeness (QED) is 0.725. The molecule has 146 valence electrons. The first kappa shape index (κ1) is 20.9. The van der Waals surface area contributed by atoms with Gasteiger partial charge in [0.1, 0.15) is 15.6 Å². The predicted molar refractivity (Wildman–Crippen MR) is 111 cm³/mol. The molecule has 27 heavy (non-hydrogen) atoms. The van der Waals surface area contributed by atoms with Gasteiger partial charge in [-0.1, -0.05) is 18.5 Å². The summed E-state index contributed by atoms with van der Waals surface area (Å²) in [6.45, 7) is 7.78. The number of thiazole rings is 1. The van der Waals surface area contributed by atoms with Gasteiger partial charge in [0.15, 0.2) is 0 Å². The molecule has 2 heterocycles. The van der Waals surface area contributed by atoms with Gasteiger partial charge in [-0.05, 0) is 45.8 Å². The van der Waals surface area contributed by atoms with Gasteiger partial charge in [0, 0.05) is 31.6 Å². The summed E-state index contributed by atoms with van der Waals surface area (Å²) in [4.78, 5) is 19.5. The van der Waals surface area contributed by atoms with Crippen LogP contribution in [0.2, 0.25) is 0 Å². The SMILES string of the molecule is CCCCc1noc(C)c1/C=C/c1nc(C)c(C(=O)N/C(C)=C/N(C)C)s1. The van der Waals surface area contributed by atoms with Gasteiger partial charge in [-0.15, -0.1) is 11.3 Å². The van der Waals surface area contributed by atoms with Crippen molar-refractivity contribution in [2.45, 2.75) is 47.0 Å². The van der Waals surface area contributed by atoms with Gasteiger partial charge in [0.2, 0.25) is 0 Å². The van der Waals surface area contributed by atoms with E-state index < -0.39 is 0 Å². The molecule has 0 unspecified atom stereocenters. The maximum absolute atomic E-state index is 12.5. The molecular weight excluding hydrogens is 360 g/mol. The molecule has 1 N–H and O–H groups in total. The van der Waals surface area contributed by atoms with E-state index in [9.17, 15) is 4.79 Å². The standard InChI is InChI=1S/C20H28N4O2S/c1-7-8-9-17-16(15(4)26-23-17)10-11-18-22-14(3)19(27-18)20(25)21-13(2)12-24(5)6/h10-12H,7-9H2,1-6H3,(H,21,25)/b11-10+,13-12+. The number of hydrogen-bond donors (Lipinski definition) is 1. The molecule has 0 radical (unpaired) electrons. The van der Waals surface area contributed by atoms with E-state index in [1.807, 2.05) is 58.1 Å². The van der Waals surface area contributed by atoms with Crippen molar-refractivity contribution in [1.29, 1.82) is 0 Å². The Kier molecular flexibility index (Phi) is 7.36. The van der Waals surface area contributed by atoms with E-state index in [4.69, 9.17) is 4.52 Å². The average Bonchev–Trinajstić information content (AvgIpc) is 3.12. The van der Waals surface area contributed by atoms with Gasteiger partial charge in [0.05, 0.1) is 11.4 Å². The van der Waals surface area contributed by atoms with Gasteiger partial charge >= 0.3 is 0 Å². The lowest BCUT2D eigenvalue weighted by molar-refractivity contribution is 0.0968. The Hall–Kier alpha value is -2.41. The first-order chi connectivity index (χ1) is 12.8. The summed E-state index contributed by atoms with van der Waals surface area (Å²) in [5, 5.41) is 7.84. The van der Waals surface area contributed by atoms with Gasteiger partial charge in [0.25, 0.3) is 5.91 Å². The molecule has 2 aromatic rings. The molecule has 0 saturated heterocycles. The fourth-order valence-electron chi connectivity index (χ4n) is 2.67. The third-order valence-corrected chi connectivity index (χ3v) is 5.05. The molecule has 2 aromatic heterocycles. The summed E-state index contributed by atoms with van der Waals surface area (Å²) in [5.74, 6) is 0.665. The zero-order chi connectivity index (χ0) is 20.0. The fourth-order valence-corrected chi connectivity index (χ4v) is 3.54. The van der Waals surface area contributed by atoms with Crippen molar-refractivity contribution in [1.82, 2.24) is 20.4 Å². The van der Waals surface area contributed by atoms with Crippen molar-refractivity contribution in [2.24, 2.45) is 0 Å². The number of aromatic nitrogens is 2. The van der Waals surface area contributed by atoms with Crippen molar-refractivity contribution >= 4 is 29.4 Å². The smallest absolute Gasteiger partial charge is 0.267 e. The van der Waals surface area contributed by atoms with Crippen LogP contribution in [0.25, 0.3) is 12.2 Å². The molecule has 1 amide bonds. The van der Waals surface area contributed by atoms with Gasteiger partial charge in [-0.2, -0.15) is 0 Å². The number of carbonyl (C=O) groups excluding carboxylic acids is 1. The summed E-state index contributed by atoms with van der Waals surface area (Å²) in [5.41, 5.74) is 3.49. The zero-order valence-electron chi connectivity index (χ0n) is 16.9. The highest BCUT2D eigenvalue weighted by atomic mass is 32.1. The molecule has 0 saturated carbocycles. The molecule has 0 bridgehead atoms. The van der Waals surface area contributed by atoms with E-state index >= 15 is 0 Å². The number of carbonyl (C=O) groups is 1. The summed E-state index contributed by atoms with van der Waals surface area (Å²) >= 11 is 1.38. The molecule has 7 heteroatoms. The summed E-state index contributed by atoms with van der Waals surface area (Å²) in [7, 11) is 3.83. The minimum Gasteiger partial charge on any atom is -0.382 e. The minimum atomic E-state index is -0.134. The van der Waals surface area contributed by atoms with E-state index in [0.29, 0.717) is 4.88 Å². The minimum absolute atomic E-state index is 0.134. The predicted octanol–water partition coefficient (Wildman–Crippen LogP) is 4.41. The number of unbranched alkanes of at least 4 members (excludes halogenated alkanes) is 1. The number of amides is 1. The lowest BCUT2D eigenvalue weighted by atomic mass is 10.1. The fraction of sp³-hybridized carbons (Fsp3) is 0.450. The van der Waals surface area contributed by atoms with Gasteiger partial charge < -0.3 is 14.7 Å². The molecule has 0 aliphatic rings. The highest BCUT2D eigenvalue weighted by molar-refractivity contribution is 7.14. The largest absolute Gasteiger partial charge is 0.382 e. The Bertz CT molecular complexity index is 846. The third-order valence-electron chi connectivity index (χ3n) is 3.92. The number of aryl methyl sites for hydroxylation is 3. The molecule has 0 aliphatic carbocycles. The van der Waals surface area contributed by atoms with Crippen LogP contribution in [0.15, 0.2) is 16.4 Å². The molecular formula is C20H28N4O2S. The lowest BCUT2D eigenvalue weighted by Gasteiger charge is -2.09. The summed E-state index contributed by atoms with van der Waals surface area (Å²) < 4.78 is 5.33. The summed E-state index contributed by atoms with van der Waals surface area (Å²) in [6, 6.07) is 0. The van der Waals surface area contributed by atoms with Crippen molar-refractivity contribution < 1.29 is 9.32 Å². The Morgan fingerprint density at radius 2 is 2.04 bits per heavy atom. The molecule has 6 nitrogen and oxygen atoms in total. The molecule has 0 aromatic carbocycles. The second-order valence-electron chi connectivity index (χ2n) is 6.73. The van der Waals surface area contributed by atoms with Crippen LogP contribution in [-0.4, -0.2) is 35.0 Å². The topological polar surface area (TPSA) is 71.3 Å². The van der Waals surface area contributed by atoms with Crippen LogP contribution < -0.4 is 5.32 Å². The second kappa shape index (κ2) is 9.50. The lowest BCUT2D eigenvalue weighted by Crippen LogP contribution is -2.22. The molecule has 0 spiro atoms. The third kappa shape index (κ3) is 5.79. The number of hydrogen-bond acceptors (Lipinski definition) is 6. The van der Waals surface area contributed by atoms with E-state index in [0.717, 1.165) is 52.7 Å². The van der Waals surface area contributed by atoms with Crippen LogP contribution in [-0.2, 0) is 6.42 Å². The number of nitrogens with one attached hydrogen (secondary N) is 1. The number of rotatable bonds is 8. The van der Waals surface area contributed by atoms with Gasteiger partial charge in [-0.3, -0.25) is 4.79 Å². The van der Waals surface area contributed by atoms with Crippen LogP contribution in [0.5, 0.6) is 0 Å². The van der Waals surface area contributed by atoms with Crippen LogP contribution in [0.4, 0.5) is 0 Å². The Morgan fingerprint density at radius 1 is 1.30 bits per heavy atom. The summed E-state index contributed by atoms with van der Waals surface area (Å²) in [6.07, 6.45) is 8.85. The Balaban J connectivity index is 2.16. The van der Waals surface area contributed by atoms with Crippen LogP contribution in [0.3, 0.4) is 0 Å². The Morgan fingerprint density at radius 3 is 2.70 bits per heavy atom. The molecule has 2 rings (SSSR count). The molecule has 0 atom stereocenters. The Labute approximate surface area is 165 Å². The van der Waals surface area contributed by atoms with Crippen LogP contribution in [0, 0.1) is 13.8 Å². The second-order valence-corrected chi connectivity index (χ2v) is 7.76. The first-order valence-corrected chi connectivity index (χ1v) is 9.90. The number of nitrogens with zero attached hydrogens (tertiary/aromatic N) is 3. The maximum atomic E-state index is 12.5. The van der Waals surface area contributed by atoms with Crippen molar-refractivity contribution in [2.75, 3.05) is 14.1 Å². The molecule has 0 fully saturated rings. The van der Waals surface area contributed by atoms with E-state index in [1.165, 1.54) is 11.3 Å². The first-order valence-electron chi connectivity index (χ1n) is 9.08. The van der Waals surface area contributed by atoms with Gasteiger partial charge in [-0.25, -0.2) is 4.98 Å². The van der Waals surface area contributed by atoms with E-state index in [2.05, 4.69) is 22.4 Å². The van der Waals surface area contributed by atoms with Crippen LogP contribution >= 0.6 is 11.3 Å². The van der Waals surface area contributed by atoms with E-state index in [-0.39, 0.29) is 5.91 Å². The highest BCUT2D eigenvalue weighted by Crippen LogP contribution is 2.23. The average molecular weight is 389 g/mol. The zero-order valence-corrected chi connectivity index (χ0v) is 17.7. The normalized spacial score (nSPS) is 12.0. The highest BCUT2D eigenvalue weighted by Gasteiger charge is 2.15. The van der Waals surface area contributed by atoms with Crippen molar-refractivity contribution in [3.8, 4) is 0 Å². The van der Waals surface area contributed by atoms with Crippen LogP contribution in [0.1, 0.15) is 64.1 Å². The van der Waals surface area contributed by atoms with E-state index in [1.54, 1.807) is 0 Å².